The molecule has 0 N–H and O–H groups in total. The van der Waals surface area contributed by atoms with Crippen molar-refractivity contribution in [3.63, 3.8) is 0 Å². The Kier molecular flexibility index (Phi) is 4.31. The second-order valence-corrected chi connectivity index (χ2v) is 4.79. The molecule has 0 aliphatic rings. The van der Waals surface area contributed by atoms with Gasteiger partial charge in [-0.15, -0.1) is 0 Å². The zero-order chi connectivity index (χ0) is 15.6. The molecule has 1 atom stereocenters. The van der Waals surface area contributed by atoms with Gasteiger partial charge in [-0.05, 0) is 38.0 Å². The highest BCUT2D eigenvalue weighted by molar-refractivity contribution is 5.85. The minimum Gasteiger partial charge on any atom is -0.479 e. The van der Waals surface area contributed by atoms with Gasteiger partial charge in [0.1, 0.15) is 11.3 Å². The van der Waals surface area contributed by atoms with Crippen LogP contribution in [0.25, 0.3) is 11.0 Å². The van der Waals surface area contributed by atoms with Crippen LogP contribution in [0.15, 0.2) is 27.4 Å². The van der Waals surface area contributed by atoms with E-state index in [-0.39, 0.29) is 5.63 Å². The first-order chi connectivity index (χ1) is 9.97. The Morgan fingerprint density at radius 1 is 1.38 bits per heavy atom. The molecule has 5 heteroatoms. The molecule has 2 rings (SSSR count). The Labute approximate surface area is 122 Å². The predicted molar refractivity (Wildman–Crippen MR) is 78.7 cm³/mol. The Bertz CT molecular complexity index is 729. The van der Waals surface area contributed by atoms with Crippen LogP contribution in [0.1, 0.15) is 25.0 Å². The summed E-state index contributed by atoms with van der Waals surface area (Å²) in [7, 11) is 1.31. The van der Waals surface area contributed by atoms with Crippen molar-refractivity contribution in [2.45, 2.75) is 33.3 Å². The van der Waals surface area contributed by atoms with Gasteiger partial charge in [0.25, 0.3) is 0 Å². The Hall–Kier alpha value is -2.30. The third kappa shape index (κ3) is 2.91. The number of carbonyl (C=O) groups excluding carboxylic acids is 1. The number of esters is 1. The third-order valence-electron chi connectivity index (χ3n) is 3.41. The fourth-order valence-corrected chi connectivity index (χ4v) is 2.23. The van der Waals surface area contributed by atoms with Crippen LogP contribution < -0.4 is 10.4 Å². The van der Waals surface area contributed by atoms with E-state index in [4.69, 9.17) is 9.15 Å². The van der Waals surface area contributed by atoms with Gasteiger partial charge in [0.05, 0.1) is 7.11 Å². The number of methoxy groups -OCH3 is 1. The molecular formula is C16H18O5. The van der Waals surface area contributed by atoms with E-state index in [0.29, 0.717) is 16.9 Å². The van der Waals surface area contributed by atoms with Crippen molar-refractivity contribution >= 4 is 16.9 Å². The van der Waals surface area contributed by atoms with Gasteiger partial charge in [0.15, 0.2) is 6.10 Å². The molecule has 2 aromatic rings. The second-order valence-electron chi connectivity index (χ2n) is 4.79. The fourth-order valence-electron chi connectivity index (χ4n) is 2.23. The van der Waals surface area contributed by atoms with E-state index < -0.39 is 12.1 Å². The zero-order valence-corrected chi connectivity index (χ0v) is 12.6. The van der Waals surface area contributed by atoms with E-state index >= 15 is 0 Å². The first-order valence-electron chi connectivity index (χ1n) is 6.78. The van der Waals surface area contributed by atoms with Gasteiger partial charge in [0, 0.05) is 17.0 Å². The zero-order valence-electron chi connectivity index (χ0n) is 12.6. The molecule has 0 fully saturated rings. The SMILES string of the molecule is CCc1cc(=O)oc2c(C)c(O[C@@H](C)C(=O)OC)ccc12. The number of rotatable bonds is 4. The Balaban J connectivity index is 2.51. The van der Waals surface area contributed by atoms with Crippen LogP contribution in [-0.4, -0.2) is 19.2 Å². The number of fused-ring (bicyclic) bond motifs is 1. The molecule has 1 aromatic heterocycles. The van der Waals surface area contributed by atoms with Crippen molar-refractivity contribution in [1.82, 2.24) is 0 Å². The highest BCUT2D eigenvalue weighted by Crippen LogP contribution is 2.29. The van der Waals surface area contributed by atoms with Crippen molar-refractivity contribution in [3.8, 4) is 5.75 Å². The number of ether oxygens (including phenoxy) is 2. The molecule has 0 unspecified atom stereocenters. The molecule has 0 amide bonds. The number of benzene rings is 1. The lowest BCUT2D eigenvalue weighted by Gasteiger charge is -2.15. The van der Waals surface area contributed by atoms with Gasteiger partial charge in [-0.1, -0.05) is 6.92 Å². The van der Waals surface area contributed by atoms with E-state index in [1.165, 1.54) is 13.2 Å². The number of hydrogen-bond donors (Lipinski definition) is 0. The van der Waals surface area contributed by atoms with Crippen LogP contribution in [0.3, 0.4) is 0 Å². The van der Waals surface area contributed by atoms with Gasteiger partial charge < -0.3 is 13.9 Å². The highest BCUT2D eigenvalue weighted by atomic mass is 16.6. The molecular weight excluding hydrogens is 272 g/mol. The molecule has 0 spiro atoms. The van der Waals surface area contributed by atoms with Gasteiger partial charge in [-0.25, -0.2) is 9.59 Å². The van der Waals surface area contributed by atoms with Crippen molar-refractivity contribution in [1.29, 1.82) is 0 Å². The number of aryl methyl sites for hydroxylation is 2. The minimum absolute atomic E-state index is 0.388. The van der Waals surface area contributed by atoms with Crippen LogP contribution in [-0.2, 0) is 16.0 Å². The maximum Gasteiger partial charge on any atom is 0.346 e. The maximum absolute atomic E-state index is 11.6. The molecule has 0 radical (unpaired) electrons. The largest absolute Gasteiger partial charge is 0.479 e. The van der Waals surface area contributed by atoms with Crippen molar-refractivity contribution < 1.29 is 18.7 Å². The summed E-state index contributed by atoms with van der Waals surface area (Å²) in [6.07, 6.45) is 0.00700. The number of carbonyl (C=O) groups is 1. The molecule has 1 heterocycles. The van der Waals surface area contributed by atoms with E-state index in [0.717, 1.165) is 17.4 Å². The van der Waals surface area contributed by atoms with Crippen molar-refractivity contribution in [2.24, 2.45) is 0 Å². The molecule has 0 bridgehead atoms. The topological polar surface area (TPSA) is 65.7 Å². The average molecular weight is 290 g/mol. The van der Waals surface area contributed by atoms with Crippen LogP contribution in [0.2, 0.25) is 0 Å². The number of hydrogen-bond acceptors (Lipinski definition) is 5. The summed E-state index contributed by atoms with van der Waals surface area (Å²) in [6, 6.07) is 5.11. The average Bonchev–Trinajstić information content (AvgIpc) is 2.48. The predicted octanol–water partition coefficient (Wildman–Crippen LogP) is 2.60. The molecule has 0 aliphatic heterocycles. The Morgan fingerprint density at radius 2 is 2.10 bits per heavy atom. The molecule has 1 aromatic carbocycles. The summed E-state index contributed by atoms with van der Waals surface area (Å²) in [4.78, 5) is 23.0. The van der Waals surface area contributed by atoms with Gasteiger partial charge in [-0.2, -0.15) is 0 Å². The molecule has 0 saturated carbocycles. The minimum atomic E-state index is -0.729. The van der Waals surface area contributed by atoms with Gasteiger partial charge in [0.2, 0.25) is 0 Å². The van der Waals surface area contributed by atoms with Gasteiger partial charge in [-0.3, -0.25) is 0 Å². The highest BCUT2D eigenvalue weighted by Gasteiger charge is 2.18. The van der Waals surface area contributed by atoms with Crippen molar-refractivity contribution in [3.05, 3.63) is 39.7 Å². The van der Waals surface area contributed by atoms with E-state index in [1.807, 2.05) is 13.0 Å². The van der Waals surface area contributed by atoms with E-state index in [2.05, 4.69) is 4.74 Å². The summed E-state index contributed by atoms with van der Waals surface area (Å²) in [5.74, 6) is 0.0371. The summed E-state index contributed by atoms with van der Waals surface area (Å²) >= 11 is 0. The van der Waals surface area contributed by atoms with Crippen LogP contribution in [0.4, 0.5) is 0 Å². The third-order valence-corrected chi connectivity index (χ3v) is 3.41. The van der Waals surface area contributed by atoms with Crippen LogP contribution in [0, 0.1) is 6.92 Å². The second kappa shape index (κ2) is 5.99. The lowest BCUT2D eigenvalue weighted by Crippen LogP contribution is -2.25. The lowest BCUT2D eigenvalue weighted by atomic mass is 10.0. The summed E-state index contributed by atoms with van der Waals surface area (Å²) < 4.78 is 15.5. The molecule has 5 nitrogen and oxygen atoms in total. The first-order valence-corrected chi connectivity index (χ1v) is 6.78. The standard InChI is InChI=1S/C16H18O5/c1-5-11-8-14(17)21-15-9(2)13(7-6-12(11)15)20-10(3)16(18)19-4/h6-8,10H,5H2,1-4H3/t10-/m0/s1. The lowest BCUT2D eigenvalue weighted by molar-refractivity contribution is -0.147. The summed E-state index contributed by atoms with van der Waals surface area (Å²) in [6.45, 7) is 5.38. The van der Waals surface area contributed by atoms with Gasteiger partial charge >= 0.3 is 11.6 Å². The molecule has 21 heavy (non-hydrogen) atoms. The van der Waals surface area contributed by atoms with Crippen LogP contribution in [0.5, 0.6) is 5.75 Å². The molecule has 0 saturated heterocycles. The first kappa shape index (κ1) is 15.1. The summed E-state index contributed by atoms with van der Waals surface area (Å²) in [5.41, 5.74) is 1.72. The Morgan fingerprint density at radius 3 is 2.71 bits per heavy atom. The molecule has 112 valence electrons. The maximum atomic E-state index is 11.6. The fraction of sp³-hybridized carbons (Fsp3) is 0.375. The monoisotopic (exact) mass is 290 g/mol. The van der Waals surface area contributed by atoms with E-state index in [9.17, 15) is 9.59 Å². The quantitative estimate of drug-likeness (QED) is 0.639. The van der Waals surface area contributed by atoms with Crippen LogP contribution >= 0.6 is 0 Å². The van der Waals surface area contributed by atoms with Crippen molar-refractivity contribution in [2.75, 3.05) is 7.11 Å². The molecule has 0 aliphatic carbocycles. The summed E-state index contributed by atoms with van der Waals surface area (Å²) in [5, 5.41) is 0.882. The normalized spacial score (nSPS) is 12.2. The smallest absolute Gasteiger partial charge is 0.346 e. The van der Waals surface area contributed by atoms with E-state index in [1.54, 1.807) is 19.9 Å².